The maximum absolute atomic E-state index is 14.0. The molecule has 14 nitrogen and oxygen atoms in total. The Balaban J connectivity index is 0.979. The summed E-state index contributed by atoms with van der Waals surface area (Å²) in [5.74, 6) is 0.471. The Hall–Kier alpha value is -4.06. The minimum Gasteiger partial charge on any atom is -0.492 e. The van der Waals surface area contributed by atoms with Crippen LogP contribution in [0.3, 0.4) is 0 Å². The van der Waals surface area contributed by atoms with Gasteiger partial charge in [-0.25, -0.2) is 21.6 Å². The lowest BCUT2D eigenvalue weighted by atomic mass is 9.89. The fourth-order valence-corrected chi connectivity index (χ4v) is 10.1. The van der Waals surface area contributed by atoms with Crippen LogP contribution >= 0.6 is 0 Å². The Morgan fingerprint density at radius 3 is 2.38 bits per heavy atom. The highest BCUT2D eigenvalue weighted by molar-refractivity contribution is 7.93. The molecule has 3 aliphatic rings. The summed E-state index contributed by atoms with van der Waals surface area (Å²) in [4.78, 5) is 23.7. The van der Waals surface area contributed by atoms with Crippen molar-refractivity contribution in [2.75, 3.05) is 46.1 Å². The molecule has 1 aliphatic carbocycles. The molecule has 2 aliphatic heterocycles. The van der Waals surface area contributed by atoms with Gasteiger partial charge in [0.25, 0.3) is 0 Å². The predicted octanol–water partition coefficient (Wildman–Crippen LogP) is 3.34. The first-order valence-corrected chi connectivity index (χ1v) is 20.4. The van der Waals surface area contributed by atoms with E-state index in [-0.39, 0.29) is 60.7 Å². The number of rotatable bonds is 15. The molecule has 3 fully saturated rings. The summed E-state index contributed by atoms with van der Waals surface area (Å²) < 4.78 is 76.9. The van der Waals surface area contributed by atoms with Crippen LogP contribution in [0.5, 0.6) is 11.5 Å². The van der Waals surface area contributed by atoms with E-state index >= 15 is 0 Å². The maximum Gasteiger partial charge on any atom is 0.407 e. The molecule has 2 heterocycles. The van der Waals surface area contributed by atoms with Crippen LogP contribution in [0.1, 0.15) is 49.4 Å². The van der Waals surface area contributed by atoms with E-state index in [1.54, 1.807) is 55.5 Å². The number of alkyl carbamates (subject to hydrolysis) is 1. The molecule has 16 heteroatoms. The van der Waals surface area contributed by atoms with Gasteiger partial charge in [0.2, 0.25) is 10.0 Å². The van der Waals surface area contributed by atoms with Crippen LogP contribution in [0.2, 0.25) is 0 Å². The van der Waals surface area contributed by atoms with Gasteiger partial charge in [-0.05, 0) is 74.1 Å². The molecule has 2 atom stereocenters. The van der Waals surface area contributed by atoms with Crippen molar-refractivity contribution in [1.82, 2.24) is 9.62 Å². The van der Waals surface area contributed by atoms with Crippen LogP contribution in [0.25, 0.3) is 11.1 Å². The van der Waals surface area contributed by atoms with E-state index in [9.17, 15) is 36.6 Å². The van der Waals surface area contributed by atoms with E-state index in [1.165, 1.54) is 22.5 Å². The number of hydrogen-bond acceptors (Lipinski definition) is 12. The zero-order chi connectivity index (χ0) is 37.9. The van der Waals surface area contributed by atoms with Crippen LogP contribution in [-0.4, -0.2) is 112 Å². The Morgan fingerprint density at radius 1 is 1.00 bits per heavy atom. The standard InChI is InChI=1S/C37H44N2O12S2/c1-2-48-33-11-10-28(27-8-6-26(22-40)7-9-27)18-34(33)53(46,47)39-16-14-36(15-17-39)20-31(24-50-36)51-35(43)38-21-29(42)23-49-30-4-3-5-32(19-30)52(44,45)37(25-41)12-13-37/h3-11,18-19,22,29,31,41-42H,2,12-17,20-21,23-25H2,1H3,(H,38,43). The summed E-state index contributed by atoms with van der Waals surface area (Å²) in [6.07, 6.45) is 0.240. The number of benzene rings is 3. The van der Waals surface area contributed by atoms with Crippen molar-refractivity contribution >= 4 is 32.2 Å². The lowest BCUT2D eigenvalue weighted by molar-refractivity contribution is -0.0325. The molecule has 0 bridgehead atoms. The van der Waals surface area contributed by atoms with Crippen molar-refractivity contribution < 1.29 is 55.6 Å². The van der Waals surface area contributed by atoms with Gasteiger partial charge in [0.15, 0.2) is 9.84 Å². The summed E-state index contributed by atoms with van der Waals surface area (Å²) in [6.45, 7) is 1.71. The smallest absolute Gasteiger partial charge is 0.407 e. The second kappa shape index (κ2) is 15.7. The van der Waals surface area contributed by atoms with E-state index in [4.69, 9.17) is 18.9 Å². The van der Waals surface area contributed by atoms with Crippen LogP contribution < -0.4 is 14.8 Å². The molecule has 2 saturated heterocycles. The van der Waals surface area contributed by atoms with Crippen molar-refractivity contribution in [3.8, 4) is 22.6 Å². The summed E-state index contributed by atoms with van der Waals surface area (Å²) >= 11 is 0. The predicted molar refractivity (Wildman–Crippen MR) is 192 cm³/mol. The minimum atomic E-state index is -3.96. The number of carbonyl (C=O) groups is 2. The number of aliphatic hydroxyl groups excluding tert-OH is 2. The normalized spacial score (nSPS) is 20.0. The van der Waals surface area contributed by atoms with Gasteiger partial charge < -0.3 is 34.5 Å². The zero-order valence-corrected chi connectivity index (χ0v) is 30.9. The van der Waals surface area contributed by atoms with E-state index < -0.39 is 55.1 Å². The Labute approximate surface area is 309 Å². The third-order valence-electron chi connectivity index (χ3n) is 10.0. The first-order valence-electron chi connectivity index (χ1n) is 17.5. The number of amides is 1. The van der Waals surface area contributed by atoms with Gasteiger partial charge in [0.1, 0.15) is 41.5 Å². The number of sulfonamides is 1. The summed E-state index contributed by atoms with van der Waals surface area (Å²) in [7, 11) is -7.69. The maximum atomic E-state index is 14.0. The second-order valence-electron chi connectivity index (χ2n) is 13.6. The molecule has 6 rings (SSSR count). The number of nitrogens with zero attached hydrogens (tertiary/aromatic N) is 1. The SMILES string of the molecule is CCOc1ccc(-c2ccc(C=O)cc2)cc1S(=O)(=O)N1CCC2(CC1)CC(OC(=O)NCC(O)COc1cccc(S(=O)(=O)C3(CO)CC3)c1)CO2. The molecular formula is C37H44N2O12S2. The second-order valence-corrected chi connectivity index (χ2v) is 17.9. The molecule has 3 N–H and O–H groups in total. The van der Waals surface area contributed by atoms with Gasteiger partial charge in [-0.2, -0.15) is 4.31 Å². The topological polar surface area (TPSA) is 195 Å². The highest BCUT2D eigenvalue weighted by Crippen LogP contribution is 2.46. The molecule has 1 spiro atoms. The van der Waals surface area contributed by atoms with Crippen molar-refractivity contribution in [2.45, 2.75) is 71.4 Å². The molecule has 1 amide bonds. The van der Waals surface area contributed by atoms with Crippen molar-refractivity contribution in [1.29, 1.82) is 0 Å². The highest BCUT2D eigenvalue weighted by atomic mass is 32.2. The number of piperidine rings is 1. The fourth-order valence-electron chi connectivity index (χ4n) is 6.70. The third-order valence-corrected chi connectivity index (χ3v) is 14.5. The van der Waals surface area contributed by atoms with Crippen LogP contribution in [0.15, 0.2) is 76.5 Å². The lowest BCUT2D eigenvalue weighted by Gasteiger charge is -2.38. The molecule has 3 aromatic rings. The van der Waals surface area contributed by atoms with E-state index in [2.05, 4.69) is 5.32 Å². The largest absolute Gasteiger partial charge is 0.492 e. The van der Waals surface area contributed by atoms with Gasteiger partial charge in [-0.3, -0.25) is 4.79 Å². The van der Waals surface area contributed by atoms with Gasteiger partial charge in [-0.1, -0.05) is 36.4 Å². The Morgan fingerprint density at radius 2 is 1.72 bits per heavy atom. The monoisotopic (exact) mass is 772 g/mol. The molecule has 286 valence electrons. The molecule has 2 unspecified atom stereocenters. The fraction of sp³-hybridized carbons (Fsp3) is 0.459. The third kappa shape index (κ3) is 8.37. The van der Waals surface area contributed by atoms with E-state index in [0.29, 0.717) is 43.2 Å². The van der Waals surface area contributed by atoms with Crippen molar-refractivity contribution in [3.05, 3.63) is 72.3 Å². The number of carbonyl (C=O) groups excluding carboxylic acids is 2. The van der Waals surface area contributed by atoms with E-state index in [0.717, 1.165) is 11.8 Å². The highest BCUT2D eigenvalue weighted by Gasteiger charge is 2.54. The average molecular weight is 773 g/mol. The van der Waals surface area contributed by atoms with Gasteiger partial charge in [0, 0.05) is 25.1 Å². The van der Waals surface area contributed by atoms with Gasteiger partial charge in [0.05, 0.1) is 41.6 Å². The molecule has 53 heavy (non-hydrogen) atoms. The Bertz CT molecular complexity index is 2010. The number of hydrogen-bond donors (Lipinski definition) is 3. The van der Waals surface area contributed by atoms with Gasteiger partial charge in [-0.15, -0.1) is 0 Å². The average Bonchev–Trinajstić information content (AvgIpc) is 3.90. The number of ether oxygens (including phenoxy) is 4. The number of sulfone groups is 1. The number of aldehydes is 1. The summed E-state index contributed by atoms with van der Waals surface area (Å²) in [5, 5.41) is 22.5. The molecule has 0 aromatic heterocycles. The molecule has 0 radical (unpaired) electrons. The van der Waals surface area contributed by atoms with Crippen LogP contribution in [0.4, 0.5) is 4.79 Å². The van der Waals surface area contributed by atoms with Crippen molar-refractivity contribution in [2.24, 2.45) is 0 Å². The van der Waals surface area contributed by atoms with Crippen LogP contribution in [0, 0.1) is 0 Å². The zero-order valence-electron chi connectivity index (χ0n) is 29.3. The minimum absolute atomic E-state index is 0.0301. The van der Waals surface area contributed by atoms with Crippen molar-refractivity contribution in [3.63, 3.8) is 0 Å². The molecule has 1 saturated carbocycles. The first kappa shape index (κ1) is 38.7. The first-order chi connectivity index (χ1) is 25.3. The van der Waals surface area contributed by atoms with Crippen LogP contribution in [-0.2, 0) is 29.3 Å². The summed E-state index contributed by atoms with van der Waals surface area (Å²) in [5.41, 5.74) is 1.28. The molecule has 3 aromatic carbocycles. The summed E-state index contributed by atoms with van der Waals surface area (Å²) in [6, 6.07) is 17.7. The van der Waals surface area contributed by atoms with E-state index in [1.807, 2.05) is 0 Å². The quantitative estimate of drug-likeness (QED) is 0.191. The number of aliphatic hydroxyl groups is 2. The van der Waals surface area contributed by atoms with Gasteiger partial charge >= 0.3 is 6.09 Å². The lowest BCUT2D eigenvalue weighted by Crippen LogP contribution is -2.46. The Kier molecular flexibility index (Phi) is 11.5. The molecular weight excluding hydrogens is 729 g/mol. The number of nitrogens with one attached hydrogen (secondary N) is 1.